The van der Waals surface area contributed by atoms with Gasteiger partial charge in [-0.3, -0.25) is 4.79 Å². The molecule has 0 radical (unpaired) electrons. The molecule has 2 aromatic rings. The van der Waals surface area contributed by atoms with Crippen LogP contribution in [0, 0.1) is 11.8 Å². The van der Waals surface area contributed by atoms with Crippen LogP contribution in [0.1, 0.15) is 62.1 Å². The second-order valence-corrected chi connectivity index (χ2v) is 11.6. The minimum atomic E-state index is -0.315. The van der Waals surface area contributed by atoms with E-state index in [1.165, 1.54) is 0 Å². The van der Waals surface area contributed by atoms with Gasteiger partial charge in [-0.2, -0.15) is 0 Å². The van der Waals surface area contributed by atoms with Crippen molar-refractivity contribution in [3.05, 3.63) is 59.7 Å². The van der Waals surface area contributed by atoms with Crippen molar-refractivity contribution >= 4 is 12.0 Å². The van der Waals surface area contributed by atoms with Gasteiger partial charge in [-0.25, -0.2) is 4.79 Å². The van der Waals surface area contributed by atoms with Crippen LogP contribution in [0.25, 0.3) is 0 Å². The zero-order chi connectivity index (χ0) is 30.1. The van der Waals surface area contributed by atoms with E-state index in [4.69, 9.17) is 18.9 Å². The Morgan fingerprint density at radius 1 is 0.929 bits per heavy atom. The minimum Gasteiger partial charge on any atom is -0.493 e. The molecule has 1 saturated heterocycles. The van der Waals surface area contributed by atoms with E-state index in [-0.39, 0.29) is 42.0 Å². The number of ether oxygens (including phenoxy) is 4. The normalized spacial score (nSPS) is 18.9. The molecule has 0 aromatic heterocycles. The highest BCUT2D eigenvalue weighted by molar-refractivity contribution is 5.95. The van der Waals surface area contributed by atoms with Crippen molar-refractivity contribution in [2.45, 2.75) is 58.2 Å². The smallest absolute Gasteiger partial charge is 0.410 e. The summed E-state index contributed by atoms with van der Waals surface area (Å²) in [6, 6.07) is 15.4. The van der Waals surface area contributed by atoms with Crippen LogP contribution in [0.15, 0.2) is 48.5 Å². The quantitative estimate of drug-likeness (QED) is 0.291. The topological polar surface area (TPSA) is 89.6 Å². The molecule has 3 atom stereocenters. The second-order valence-electron chi connectivity index (χ2n) is 11.6. The highest BCUT2D eigenvalue weighted by Crippen LogP contribution is 2.33. The van der Waals surface area contributed by atoms with Gasteiger partial charge in [0.2, 0.25) is 0 Å². The minimum absolute atomic E-state index is 0.00291. The fraction of sp³-hybridized carbons (Fsp3) is 0.576. The van der Waals surface area contributed by atoms with E-state index >= 15 is 0 Å². The predicted molar refractivity (Wildman–Crippen MR) is 162 cm³/mol. The van der Waals surface area contributed by atoms with E-state index in [9.17, 15) is 9.59 Å². The third-order valence-corrected chi connectivity index (χ3v) is 8.16. The van der Waals surface area contributed by atoms with Crippen LogP contribution in [-0.4, -0.2) is 87.5 Å². The lowest BCUT2D eigenvalue weighted by Gasteiger charge is -2.33. The molecule has 1 N–H and O–H groups in total. The van der Waals surface area contributed by atoms with Crippen LogP contribution in [0.4, 0.5) is 4.79 Å². The van der Waals surface area contributed by atoms with Gasteiger partial charge in [0.1, 0.15) is 6.10 Å². The molecule has 4 rings (SSSR count). The van der Waals surface area contributed by atoms with Crippen LogP contribution in [0.2, 0.25) is 0 Å². The molecule has 2 fully saturated rings. The van der Waals surface area contributed by atoms with Crippen LogP contribution in [-0.2, 0) is 9.47 Å². The van der Waals surface area contributed by atoms with Crippen molar-refractivity contribution in [1.29, 1.82) is 0 Å². The number of benzene rings is 2. The molecule has 2 amide bonds. The molecular formula is C33H47N3O6. The summed E-state index contributed by atoms with van der Waals surface area (Å²) in [5.74, 6) is 1.52. The average molecular weight is 582 g/mol. The molecule has 1 heterocycles. The molecule has 42 heavy (non-hydrogen) atoms. The first-order valence-electron chi connectivity index (χ1n) is 15.2. The van der Waals surface area contributed by atoms with Crippen LogP contribution < -0.4 is 14.8 Å². The van der Waals surface area contributed by atoms with E-state index in [0.717, 1.165) is 37.9 Å². The number of amides is 2. The second kappa shape index (κ2) is 15.3. The maximum absolute atomic E-state index is 13.8. The Morgan fingerprint density at radius 3 is 2.29 bits per heavy atom. The first-order chi connectivity index (χ1) is 20.3. The zero-order valence-corrected chi connectivity index (χ0v) is 25.7. The summed E-state index contributed by atoms with van der Waals surface area (Å²) in [6.45, 7) is 9.88. The SMILES string of the molecule is COCCCOc1cc(C(=O)N(C[C@@H]2CNC[C@H]2CN(C(=O)O[C@H](C)c2ccccc2)C2CC2)C(C)C)ccc1OC. The first-order valence-corrected chi connectivity index (χ1v) is 15.2. The number of nitrogens with zero attached hydrogens (tertiary/aromatic N) is 2. The summed E-state index contributed by atoms with van der Waals surface area (Å²) in [7, 11) is 3.25. The van der Waals surface area contributed by atoms with Gasteiger partial charge in [-0.1, -0.05) is 30.3 Å². The van der Waals surface area contributed by atoms with Gasteiger partial charge in [0.15, 0.2) is 11.5 Å². The van der Waals surface area contributed by atoms with Crippen LogP contribution in [0.5, 0.6) is 11.5 Å². The van der Waals surface area contributed by atoms with Crippen molar-refractivity contribution < 1.29 is 28.5 Å². The molecule has 0 spiro atoms. The van der Waals surface area contributed by atoms with Crippen LogP contribution >= 0.6 is 0 Å². The molecule has 2 aromatic carbocycles. The lowest BCUT2D eigenvalue weighted by atomic mass is 9.94. The van der Waals surface area contributed by atoms with E-state index in [1.54, 1.807) is 32.4 Å². The molecule has 1 aliphatic heterocycles. The fourth-order valence-corrected chi connectivity index (χ4v) is 5.49. The molecule has 9 heteroatoms. The Balaban J connectivity index is 1.42. The summed E-state index contributed by atoms with van der Waals surface area (Å²) in [6.07, 6.45) is 2.17. The Kier molecular flexibility index (Phi) is 11.5. The highest BCUT2D eigenvalue weighted by Gasteiger charge is 2.39. The van der Waals surface area contributed by atoms with Gasteiger partial charge in [-0.15, -0.1) is 0 Å². The molecule has 1 aliphatic carbocycles. The molecular weight excluding hydrogens is 534 g/mol. The van der Waals surface area contributed by atoms with Gasteiger partial charge < -0.3 is 34.1 Å². The largest absolute Gasteiger partial charge is 0.493 e. The van der Waals surface area contributed by atoms with Crippen molar-refractivity contribution in [3.8, 4) is 11.5 Å². The Morgan fingerprint density at radius 2 is 1.64 bits per heavy atom. The van der Waals surface area contributed by atoms with Crippen molar-refractivity contribution in [2.24, 2.45) is 11.8 Å². The van der Waals surface area contributed by atoms with E-state index < -0.39 is 0 Å². The number of hydrogen-bond donors (Lipinski definition) is 1. The van der Waals surface area contributed by atoms with Crippen molar-refractivity contribution in [2.75, 3.05) is 53.6 Å². The number of hydrogen-bond acceptors (Lipinski definition) is 7. The van der Waals surface area contributed by atoms with Gasteiger partial charge in [0, 0.05) is 64.0 Å². The summed E-state index contributed by atoms with van der Waals surface area (Å²) < 4.78 is 22.4. The predicted octanol–water partition coefficient (Wildman–Crippen LogP) is 5.16. The first kappa shape index (κ1) is 31.6. The maximum atomic E-state index is 13.8. The van der Waals surface area contributed by atoms with Gasteiger partial charge in [0.05, 0.1) is 13.7 Å². The maximum Gasteiger partial charge on any atom is 0.410 e. The molecule has 9 nitrogen and oxygen atoms in total. The molecule has 0 bridgehead atoms. The summed E-state index contributed by atoms with van der Waals surface area (Å²) in [5.41, 5.74) is 1.54. The number of methoxy groups -OCH3 is 2. The van der Waals surface area contributed by atoms with Gasteiger partial charge in [-0.05, 0) is 69.2 Å². The Bertz CT molecular complexity index is 1160. The zero-order valence-electron chi connectivity index (χ0n) is 25.7. The van der Waals surface area contributed by atoms with Gasteiger partial charge >= 0.3 is 6.09 Å². The van der Waals surface area contributed by atoms with Crippen molar-refractivity contribution in [1.82, 2.24) is 15.1 Å². The fourth-order valence-electron chi connectivity index (χ4n) is 5.49. The third kappa shape index (κ3) is 8.38. The third-order valence-electron chi connectivity index (χ3n) is 8.16. The lowest BCUT2D eigenvalue weighted by Crippen LogP contribution is -2.45. The summed E-state index contributed by atoms with van der Waals surface area (Å²) >= 11 is 0. The lowest BCUT2D eigenvalue weighted by molar-refractivity contribution is 0.0551. The monoisotopic (exact) mass is 581 g/mol. The molecule has 230 valence electrons. The van der Waals surface area contributed by atoms with Crippen LogP contribution in [0.3, 0.4) is 0 Å². The standard InChI is InChI=1S/C33H47N3O6/c1-23(2)35(32(37)26-12-15-30(40-5)31(18-26)41-17-9-16-39-4)21-27-19-34-20-28(27)22-36(29-13-14-29)33(38)42-24(3)25-10-7-6-8-11-25/h6-8,10-12,15,18,23-24,27-29,34H,9,13-14,16-17,19-22H2,1-5H3/t24-,27+,28+/m1/s1. The number of carbonyl (C=O) groups excluding carboxylic acids is 2. The molecule has 0 unspecified atom stereocenters. The number of rotatable bonds is 15. The average Bonchev–Trinajstić information content (AvgIpc) is 3.74. The van der Waals surface area contributed by atoms with Crippen molar-refractivity contribution in [3.63, 3.8) is 0 Å². The number of nitrogens with one attached hydrogen (secondary N) is 1. The van der Waals surface area contributed by atoms with E-state index in [0.29, 0.717) is 43.4 Å². The van der Waals surface area contributed by atoms with E-state index in [1.807, 2.05) is 60.9 Å². The molecule has 1 saturated carbocycles. The summed E-state index contributed by atoms with van der Waals surface area (Å²) in [5, 5.41) is 3.51. The Hall–Kier alpha value is -3.30. The van der Waals surface area contributed by atoms with Gasteiger partial charge in [0.25, 0.3) is 5.91 Å². The number of carbonyl (C=O) groups is 2. The van der Waals surface area contributed by atoms with E-state index in [2.05, 4.69) is 5.32 Å². The summed E-state index contributed by atoms with van der Waals surface area (Å²) in [4.78, 5) is 31.0. The Labute approximate surface area is 250 Å². The highest BCUT2D eigenvalue weighted by atomic mass is 16.6. The molecule has 2 aliphatic rings.